The van der Waals surface area contributed by atoms with Crippen molar-refractivity contribution < 1.29 is 22.7 Å². The van der Waals surface area contributed by atoms with Gasteiger partial charge in [-0.25, -0.2) is 4.39 Å². The molecular weight excluding hydrogens is 455 g/mol. The van der Waals surface area contributed by atoms with Crippen molar-refractivity contribution in [3.63, 3.8) is 0 Å². The second kappa shape index (κ2) is 10.2. The summed E-state index contributed by atoms with van der Waals surface area (Å²) in [4.78, 5) is 16.5. The Morgan fingerprint density at radius 2 is 1.91 bits per heavy atom. The van der Waals surface area contributed by atoms with Crippen molar-refractivity contribution in [1.82, 2.24) is 19.7 Å². The second-order valence-electron chi connectivity index (χ2n) is 6.58. The highest BCUT2D eigenvalue weighted by Gasteiger charge is 2.18. The monoisotopic (exact) mass is 471 g/mol. The lowest BCUT2D eigenvalue weighted by atomic mass is 10.2. The molecule has 168 valence electrons. The summed E-state index contributed by atoms with van der Waals surface area (Å²) in [5.41, 5.74) is 1.67. The Labute approximate surface area is 190 Å². The summed E-state index contributed by atoms with van der Waals surface area (Å²) in [5.74, 6) is -1.53. The molecule has 7 nitrogen and oxygen atoms in total. The van der Waals surface area contributed by atoms with Crippen molar-refractivity contribution in [2.45, 2.75) is 11.8 Å². The molecule has 2 aromatic carbocycles. The van der Waals surface area contributed by atoms with Gasteiger partial charge in [-0.1, -0.05) is 30.0 Å². The molecule has 0 bridgehead atoms. The number of ether oxygens (including phenoxy) is 1. The molecule has 0 unspecified atom stereocenters. The van der Waals surface area contributed by atoms with Crippen molar-refractivity contribution in [2.24, 2.45) is 0 Å². The molecule has 0 atom stereocenters. The average molecular weight is 471 g/mol. The lowest BCUT2D eigenvalue weighted by Crippen LogP contribution is -2.15. The Morgan fingerprint density at radius 3 is 2.61 bits per heavy atom. The SMILES string of the molecule is O=C(CSc1nnc(-c2cccnc2)n1-c1ccccc1)Nc1ccc(OC(F)F)c(F)c1. The molecule has 2 heterocycles. The summed E-state index contributed by atoms with van der Waals surface area (Å²) in [7, 11) is 0. The first-order chi connectivity index (χ1) is 16.0. The van der Waals surface area contributed by atoms with Gasteiger partial charge >= 0.3 is 6.61 Å². The fourth-order valence-corrected chi connectivity index (χ4v) is 3.70. The normalized spacial score (nSPS) is 10.9. The van der Waals surface area contributed by atoms with Gasteiger partial charge in [-0.2, -0.15) is 8.78 Å². The lowest BCUT2D eigenvalue weighted by Gasteiger charge is -2.11. The number of alkyl halides is 2. The van der Waals surface area contributed by atoms with Gasteiger partial charge in [0.25, 0.3) is 0 Å². The fraction of sp³-hybridized carbons (Fsp3) is 0.0909. The molecule has 0 saturated carbocycles. The number of anilines is 1. The van der Waals surface area contributed by atoms with Crippen molar-refractivity contribution in [1.29, 1.82) is 0 Å². The highest BCUT2D eigenvalue weighted by Crippen LogP contribution is 2.28. The minimum absolute atomic E-state index is 0.0467. The number of benzene rings is 2. The quantitative estimate of drug-likeness (QED) is 0.372. The molecule has 0 radical (unpaired) electrons. The second-order valence-corrected chi connectivity index (χ2v) is 7.52. The van der Waals surface area contributed by atoms with Gasteiger partial charge in [-0.05, 0) is 36.4 Å². The molecule has 1 amide bonds. The van der Waals surface area contributed by atoms with E-state index in [4.69, 9.17) is 0 Å². The number of para-hydroxylation sites is 1. The topological polar surface area (TPSA) is 81.9 Å². The van der Waals surface area contributed by atoms with Gasteiger partial charge in [-0.3, -0.25) is 14.3 Å². The third-order valence-electron chi connectivity index (χ3n) is 4.33. The Balaban J connectivity index is 1.50. The molecule has 2 aromatic heterocycles. The van der Waals surface area contributed by atoms with Crippen molar-refractivity contribution in [3.8, 4) is 22.8 Å². The number of amides is 1. The van der Waals surface area contributed by atoms with Gasteiger partial charge in [0.15, 0.2) is 22.5 Å². The molecule has 11 heteroatoms. The first kappa shape index (κ1) is 22.3. The van der Waals surface area contributed by atoms with E-state index in [1.165, 1.54) is 6.07 Å². The smallest absolute Gasteiger partial charge is 0.387 e. The lowest BCUT2D eigenvalue weighted by molar-refractivity contribution is -0.113. The van der Waals surface area contributed by atoms with Gasteiger partial charge in [0.05, 0.1) is 5.75 Å². The van der Waals surface area contributed by atoms with Crippen LogP contribution < -0.4 is 10.1 Å². The van der Waals surface area contributed by atoms with E-state index in [2.05, 4.69) is 25.2 Å². The number of rotatable bonds is 8. The number of pyridine rings is 1. The van der Waals surface area contributed by atoms with Gasteiger partial charge in [0.1, 0.15) is 0 Å². The number of hydrogen-bond donors (Lipinski definition) is 1. The maximum atomic E-state index is 13.9. The van der Waals surface area contributed by atoms with Crippen LogP contribution in [0.2, 0.25) is 0 Å². The Kier molecular flexibility index (Phi) is 6.89. The minimum Gasteiger partial charge on any atom is -0.432 e. The number of carbonyl (C=O) groups excluding carboxylic acids is 1. The van der Waals surface area contributed by atoms with Crippen molar-refractivity contribution >= 4 is 23.4 Å². The summed E-state index contributed by atoms with van der Waals surface area (Å²) >= 11 is 1.14. The van der Waals surface area contributed by atoms with Gasteiger partial charge in [0, 0.05) is 35.4 Å². The first-order valence-corrected chi connectivity index (χ1v) is 10.6. The summed E-state index contributed by atoms with van der Waals surface area (Å²) < 4.78 is 44.3. The molecule has 0 saturated heterocycles. The van der Waals surface area contributed by atoms with E-state index in [9.17, 15) is 18.0 Å². The standard InChI is InChI=1S/C22H16F3N5O2S/c23-17-11-15(8-9-18(17)32-21(24)25)27-19(31)13-33-22-29-28-20(14-5-4-10-26-12-14)30(22)16-6-2-1-3-7-16/h1-12,21H,13H2,(H,27,31). The van der Waals surface area contributed by atoms with Crippen LogP contribution in [-0.4, -0.2) is 38.0 Å². The van der Waals surface area contributed by atoms with Crippen LogP contribution in [0.15, 0.2) is 78.2 Å². The maximum Gasteiger partial charge on any atom is 0.387 e. The predicted octanol–water partition coefficient (Wildman–Crippen LogP) is 4.80. The van der Waals surface area contributed by atoms with Crippen LogP contribution in [0.4, 0.5) is 18.9 Å². The zero-order valence-electron chi connectivity index (χ0n) is 16.9. The van der Waals surface area contributed by atoms with Crippen LogP contribution in [0.3, 0.4) is 0 Å². The maximum absolute atomic E-state index is 13.9. The van der Waals surface area contributed by atoms with E-state index in [-0.39, 0.29) is 11.4 Å². The van der Waals surface area contributed by atoms with Crippen LogP contribution in [0.1, 0.15) is 0 Å². The first-order valence-electron chi connectivity index (χ1n) is 9.59. The van der Waals surface area contributed by atoms with Gasteiger partial charge in [0.2, 0.25) is 5.91 Å². The molecule has 0 fully saturated rings. The zero-order chi connectivity index (χ0) is 23.2. The van der Waals surface area contributed by atoms with Crippen LogP contribution in [0, 0.1) is 5.82 Å². The number of carbonyl (C=O) groups is 1. The summed E-state index contributed by atoms with van der Waals surface area (Å²) in [6, 6.07) is 16.3. The summed E-state index contributed by atoms with van der Waals surface area (Å²) in [6.07, 6.45) is 3.32. The number of hydrogen-bond acceptors (Lipinski definition) is 6. The molecular formula is C22H16F3N5O2S. The predicted molar refractivity (Wildman–Crippen MR) is 117 cm³/mol. The molecule has 0 aliphatic rings. The van der Waals surface area contributed by atoms with Gasteiger partial charge < -0.3 is 10.1 Å². The third kappa shape index (κ3) is 5.50. The molecule has 1 N–H and O–H groups in total. The Morgan fingerprint density at radius 1 is 1.09 bits per heavy atom. The molecule has 0 aliphatic carbocycles. The molecule has 4 aromatic rings. The average Bonchev–Trinajstić information content (AvgIpc) is 3.24. The summed E-state index contributed by atoms with van der Waals surface area (Å²) in [5, 5.41) is 11.5. The third-order valence-corrected chi connectivity index (χ3v) is 5.26. The van der Waals surface area contributed by atoms with E-state index in [0.717, 1.165) is 35.1 Å². The largest absolute Gasteiger partial charge is 0.432 e. The van der Waals surface area contributed by atoms with Crippen molar-refractivity contribution in [2.75, 3.05) is 11.1 Å². The molecule has 0 spiro atoms. The molecule has 33 heavy (non-hydrogen) atoms. The number of aromatic nitrogens is 4. The number of halogens is 3. The van der Waals surface area contributed by atoms with E-state index in [1.54, 1.807) is 18.5 Å². The van der Waals surface area contributed by atoms with E-state index >= 15 is 0 Å². The fourth-order valence-electron chi connectivity index (χ4n) is 2.95. The highest BCUT2D eigenvalue weighted by atomic mass is 32.2. The van der Waals surface area contributed by atoms with Crippen LogP contribution in [0.5, 0.6) is 5.75 Å². The number of nitrogens with zero attached hydrogens (tertiary/aromatic N) is 4. The van der Waals surface area contributed by atoms with Crippen LogP contribution in [0.25, 0.3) is 17.1 Å². The number of thioether (sulfide) groups is 1. The molecule has 0 aliphatic heterocycles. The van der Waals surface area contributed by atoms with Crippen LogP contribution >= 0.6 is 11.8 Å². The molecule has 4 rings (SSSR count). The number of nitrogens with one attached hydrogen (secondary N) is 1. The van der Waals surface area contributed by atoms with Gasteiger partial charge in [-0.15, -0.1) is 10.2 Å². The van der Waals surface area contributed by atoms with E-state index < -0.39 is 24.1 Å². The minimum atomic E-state index is -3.14. The Hall–Kier alpha value is -3.86. The van der Waals surface area contributed by atoms with Crippen molar-refractivity contribution in [3.05, 3.63) is 78.9 Å². The van der Waals surface area contributed by atoms with E-state index in [1.807, 2.05) is 41.0 Å². The Bertz CT molecular complexity index is 1240. The summed E-state index contributed by atoms with van der Waals surface area (Å²) in [6.45, 7) is -3.14. The highest BCUT2D eigenvalue weighted by molar-refractivity contribution is 7.99. The van der Waals surface area contributed by atoms with E-state index in [0.29, 0.717) is 11.0 Å². The van der Waals surface area contributed by atoms with Crippen LogP contribution in [-0.2, 0) is 4.79 Å². The zero-order valence-corrected chi connectivity index (χ0v) is 17.7.